The quantitative estimate of drug-likeness (QED) is 0.199. The molecule has 1 unspecified atom stereocenters. The third-order valence-corrected chi connectivity index (χ3v) is 7.05. The summed E-state index contributed by atoms with van der Waals surface area (Å²) >= 11 is 0. The molecule has 0 radical (unpaired) electrons. The molecule has 0 bridgehead atoms. The van der Waals surface area contributed by atoms with Gasteiger partial charge in [-0.05, 0) is 42.3 Å². The fourth-order valence-corrected chi connectivity index (χ4v) is 5.34. The van der Waals surface area contributed by atoms with E-state index in [0.29, 0.717) is 16.6 Å². The van der Waals surface area contributed by atoms with Gasteiger partial charge >= 0.3 is 11.9 Å². The van der Waals surface area contributed by atoms with Gasteiger partial charge in [0.15, 0.2) is 0 Å². The van der Waals surface area contributed by atoms with Crippen LogP contribution in [0.3, 0.4) is 0 Å². The van der Waals surface area contributed by atoms with Gasteiger partial charge in [-0.2, -0.15) is 0 Å². The minimum atomic E-state index is -2.17. The monoisotopic (exact) mass is 532 g/mol. The molecule has 6 nitrogen and oxygen atoms in total. The molecule has 0 saturated carbocycles. The summed E-state index contributed by atoms with van der Waals surface area (Å²) in [6.45, 7) is 1.69. The number of benzene rings is 4. The van der Waals surface area contributed by atoms with Crippen molar-refractivity contribution in [3.8, 4) is 0 Å². The Balaban J connectivity index is 1.69. The van der Waals surface area contributed by atoms with E-state index in [1.165, 1.54) is 18.2 Å². The second-order valence-electron chi connectivity index (χ2n) is 9.46. The summed E-state index contributed by atoms with van der Waals surface area (Å²) < 4.78 is 25.3. The van der Waals surface area contributed by atoms with Crippen molar-refractivity contribution in [3.05, 3.63) is 143 Å². The van der Waals surface area contributed by atoms with Gasteiger partial charge in [-0.15, -0.1) is 0 Å². The molecule has 0 fully saturated rings. The third-order valence-electron chi connectivity index (χ3n) is 7.05. The molecule has 1 aromatic heterocycles. The number of nitrogens with one attached hydrogen (secondary N) is 1. The second kappa shape index (κ2) is 10.3. The number of fused-ring (bicyclic) bond motifs is 1. The molecule has 1 atom stereocenters. The molecule has 198 valence electrons. The average molecular weight is 533 g/mol. The zero-order chi connectivity index (χ0) is 27.7. The standard InChI is InChI=1S/C33H25FN2O4/c1-2-39-31(37)33(32(38)40-30(36-33)23-16-11-17-24(34)20-23)28-25-18-9-10-19-26(25)35-29(28)27(21-12-5-3-6-13-21)22-14-7-4-8-15-22/h3-20,27,35H,2H2,1H3. The normalized spacial score (nSPS) is 16.7. The van der Waals surface area contributed by atoms with Crippen molar-refractivity contribution in [2.75, 3.05) is 6.61 Å². The van der Waals surface area contributed by atoms with Crippen LogP contribution in [0.1, 0.15) is 40.8 Å². The van der Waals surface area contributed by atoms with Crippen LogP contribution in [-0.2, 0) is 24.6 Å². The van der Waals surface area contributed by atoms with Gasteiger partial charge in [0.25, 0.3) is 5.54 Å². The van der Waals surface area contributed by atoms with Gasteiger partial charge in [0.05, 0.1) is 6.61 Å². The lowest BCUT2D eigenvalue weighted by Gasteiger charge is -2.25. The minimum absolute atomic E-state index is 0.0250. The molecule has 0 saturated heterocycles. The zero-order valence-electron chi connectivity index (χ0n) is 21.6. The van der Waals surface area contributed by atoms with Gasteiger partial charge in [0.1, 0.15) is 5.82 Å². The number of carbonyl (C=O) groups is 2. The van der Waals surface area contributed by atoms with Crippen molar-refractivity contribution >= 4 is 28.7 Å². The minimum Gasteiger partial charge on any atom is -0.463 e. The molecular formula is C33H25FN2O4. The number of hydrogen-bond donors (Lipinski definition) is 1. The van der Waals surface area contributed by atoms with E-state index in [4.69, 9.17) is 9.47 Å². The van der Waals surface area contributed by atoms with Crippen LogP contribution in [0.15, 0.2) is 114 Å². The van der Waals surface area contributed by atoms with Gasteiger partial charge in [0.2, 0.25) is 5.90 Å². The SMILES string of the molecule is CCOC(=O)C1(c2c(C(c3ccccc3)c3ccccc3)[nH]c3ccccc23)N=C(c2cccc(F)c2)OC1=O. The summed E-state index contributed by atoms with van der Waals surface area (Å²) in [5, 5.41) is 0.628. The van der Waals surface area contributed by atoms with Crippen molar-refractivity contribution in [2.24, 2.45) is 4.99 Å². The van der Waals surface area contributed by atoms with E-state index in [-0.39, 0.29) is 18.1 Å². The maximum Gasteiger partial charge on any atom is 0.357 e. The van der Waals surface area contributed by atoms with Gasteiger partial charge in [-0.25, -0.2) is 19.0 Å². The van der Waals surface area contributed by atoms with Crippen LogP contribution in [0.4, 0.5) is 4.39 Å². The first-order valence-electron chi connectivity index (χ1n) is 13.0. The molecule has 5 aromatic rings. The fourth-order valence-electron chi connectivity index (χ4n) is 5.34. The highest BCUT2D eigenvalue weighted by Gasteiger charge is 2.58. The highest BCUT2D eigenvalue weighted by Crippen LogP contribution is 2.46. The zero-order valence-corrected chi connectivity index (χ0v) is 21.6. The molecule has 1 N–H and O–H groups in total. The lowest BCUT2D eigenvalue weighted by molar-refractivity contribution is -0.158. The van der Waals surface area contributed by atoms with E-state index in [0.717, 1.165) is 16.6 Å². The van der Waals surface area contributed by atoms with E-state index in [1.54, 1.807) is 13.0 Å². The maximum absolute atomic E-state index is 14.1. The topological polar surface area (TPSA) is 80.8 Å². The molecule has 1 aliphatic rings. The summed E-state index contributed by atoms with van der Waals surface area (Å²) in [4.78, 5) is 36.0. The van der Waals surface area contributed by atoms with E-state index in [9.17, 15) is 14.0 Å². The summed E-state index contributed by atoms with van der Waals surface area (Å²) in [6.07, 6.45) is 0. The summed E-state index contributed by atoms with van der Waals surface area (Å²) in [7, 11) is 0. The molecule has 0 spiro atoms. The Bertz CT molecular complexity index is 1710. The number of carbonyl (C=O) groups excluding carboxylic acids is 2. The van der Waals surface area contributed by atoms with Gasteiger partial charge < -0.3 is 14.5 Å². The molecule has 7 heteroatoms. The Morgan fingerprint density at radius 3 is 2.23 bits per heavy atom. The van der Waals surface area contributed by atoms with Gasteiger partial charge in [0, 0.05) is 33.6 Å². The van der Waals surface area contributed by atoms with Gasteiger partial charge in [-0.1, -0.05) is 84.9 Å². The highest BCUT2D eigenvalue weighted by molar-refractivity contribution is 6.19. The molecule has 0 amide bonds. The van der Waals surface area contributed by atoms with Crippen LogP contribution in [0, 0.1) is 5.82 Å². The summed E-state index contributed by atoms with van der Waals surface area (Å²) in [5.41, 5.74) is 1.62. The number of nitrogens with zero attached hydrogens (tertiary/aromatic N) is 1. The predicted molar refractivity (Wildman–Crippen MR) is 149 cm³/mol. The number of aliphatic imine (C=N–C) groups is 1. The number of aromatic nitrogens is 1. The first kappa shape index (κ1) is 25.2. The third kappa shape index (κ3) is 4.16. The molecule has 1 aliphatic heterocycles. The van der Waals surface area contributed by atoms with Crippen LogP contribution in [0.25, 0.3) is 10.9 Å². The van der Waals surface area contributed by atoms with E-state index in [1.807, 2.05) is 84.9 Å². The predicted octanol–water partition coefficient (Wildman–Crippen LogP) is 6.25. The number of aromatic amines is 1. The van der Waals surface area contributed by atoms with Gasteiger partial charge in [-0.3, -0.25) is 0 Å². The molecule has 40 heavy (non-hydrogen) atoms. The second-order valence-corrected chi connectivity index (χ2v) is 9.46. The molecule has 0 aliphatic carbocycles. The number of para-hydroxylation sites is 1. The molecule has 2 heterocycles. The van der Waals surface area contributed by atoms with Crippen molar-refractivity contribution < 1.29 is 23.5 Å². The first-order chi connectivity index (χ1) is 19.5. The van der Waals surface area contributed by atoms with Crippen LogP contribution in [-0.4, -0.2) is 29.4 Å². The van der Waals surface area contributed by atoms with Crippen molar-refractivity contribution in [1.82, 2.24) is 4.98 Å². The lowest BCUT2D eigenvalue weighted by Crippen LogP contribution is -2.42. The molecule has 4 aromatic carbocycles. The number of esters is 2. The number of H-pyrrole nitrogens is 1. The van der Waals surface area contributed by atoms with Crippen molar-refractivity contribution in [1.29, 1.82) is 0 Å². The Morgan fingerprint density at radius 1 is 0.925 bits per heavy atom. The van der Waals surface area contributed by atoms with E-state index in [2.05, 4.69) is 9.98 Å². The summed E-state index contributed by atoms with van der Waals surface area (Å²) in [5.74, 6) is -2.83. The Hall–Kier alpha value is -5.04. The van der Waals surface area contributed by atoms with Crippen molar-refractivity contribution in [2.45, 2.75) is 18.4 Å². The maximum atomic E-state index is 14.1. The Labute approximate surface area is 230 Å². The largest absolute Gasteiger partial charge is 0.463 e. The number of halogens is 1. The lowest BCUT2D eigenvalue weighted by atomic mass is 9.80. The van der Waals surface area contributed by atoms with Crippen LogP contribution < -0.4 is 0 Å². The van der Waals surface area contributed by atoms with Crippen LogP contribution in [0.5, 0.6) is 0 Å². The number of cyclic esters (lactones) is 1. The average Bonchev–Trinajstić information content (AvgIpc) is 3.53. The Morgan fingerprint density at radius 2 is 1.57 bits per heavy atom. The summed E-state index contributed by atoms with van der Waals surface area (Å²) in [6, 6.07) is 32.6. The number of ether oxygens (including phenoxy) is 2. The molecule has 6 rings (SSSR count). The Kier molecular flexibility index (Phi) is 6.48. The van der Waals surface area contributed by atoms with Crippen LogP contribution >= 0.6 is 0 Å². The molecular weight excluding hydrogens is 507 g/mol. The smallest absolute Gasteiger partial charge is 0.357 e. The fraction of sp³-hybridized carbons (Fsp3) is 0.121. The highest BCUT2D eigenvalue weighted by atomic mass is 19.1. The number of hydrogen-bond acceptors (Lipinski definition) is 5. The van der Waals surface area contributed by atoms with Crippen molar-refractivity contribution in [3.63, 3.8) is 0 Å². The van der Waals surface area contributed by atoms with E-state index < -0.39 is 29.2 Å². The van der Waals surface area contributed by atoms with Crippen LogP contribution in [0.2, 0.25) is 0 Å². The first-order valence-corrected chi connectivity index (χ1v) is 13.0. The number of rotatable bonds is 7. The van der Waals surface area contributed by atoms with E-state index >= 15 is 0 Å².